The van der Waals surface area contributed by atoms with Crippen LogP contribution in [-0.2, 0) is 4.74 Å². The Hall–Kier alpha value is -1.75. The smallest absolute Gasteiger partial charge is 0.340 e. The summed E-state index contributed by atoms with van der Waals surface area (Å²) >= 11 is 0. The van der Waals surface area contributed by atoms with Gasteiger partial charge in [0.05, 0.1) is 12.2 Å². The van der Waals surface area contributed by atoms with Crippen molar-refractivity contribution in [3.05, 3.63) is 23.8 Å². The average molecular weight is 277 g/mol. The zero-order valence-corrected chi connectivity index (χ0v) is 12.4. The third kappa shape index (κ3) is 3.04. The van der Waals surface area contributed by atoms with Crippen LogP contribution in [0.15, 0.2) is 18.2 Å². The van der Waals surface area contributed by atoms with Crippen molar-refractivity contribution in [1.82, 2.24) is 4.90 Å². The van der Waals surface area contributed by atoms with Crippen LogP contribution in [0.2, 0.25) is 0 Å². The molecule has 0 bridgehead atoms. The van der Waals surface area contributed by atoms with E-state index in [1.807, 2.05) is 12.1 Å². The molecule has 110 valence electrons. The van der Waals surface area contributed by atoms with Crippen LogP contribution in [-0.4, -0.2) is 50.7 Å². The van der Waals surface area contributed by atoms with Gasteiger partial charge >= 0.3 is 5.97 Å². The van der Waals surface area contributed by atoms with Gasteiger partial charge in [-0.25, -0.2) is 4.79 Å². The molecule has 0 aromatic heterocycles. The molecule has 1 unspecified atom stereocenters. The molecule has 1 atom stereocenters. The Morgan fingerprint density at radius 3 is 2.85 bits per heavy atom. The van der Waals surface area contributed by atoms with E-state index in [4.69, 9.17) is 10.5 Å². The number of likely N-dealkylation sites (N-methyl/N-ethyl adjacent to an activating group) is 1. The molecule has 0 aliphatic carbocycles. The van der Waals surface area contributed by atoms with E-state index in [0.717, 1.165) is 25.2 Å². The molecular formula is C15H23N3O2. The maximum absolute atomic E-state index is 11.9. The second kappa shape index (κ2) is 6.13. The van der Waals surface area contributed by atoms with Gasteiger partial charge in [0, 0.05) is 30.5 Å². The van der Waals surface area contributed by atoms with E-state index in [9.17, 15) is 4.79 Å². The fourth-order valence-electron chi connectivity index (χ4n) is 2.52. The molecule has 2 N–H and O–H groups in total. The molecular weight excluding hydrogens is 254 g/mol. The minimum Gasteiger partial charge on any atom is -0.462 e. The van der Waals surface area contributed by atoms with Crippen molar-refractivity contribution in [3.8, 4) is 0 Å². The number of carbonyl (C=O) groups is 1. The minimum absolute atomic E-state index is 0.352. The maximum atomic E-state index is 11.9. The van der Waals surface area contributed by atoms with Gasteiger partial charge in [-0.1, -0.05) is 0 Å². The largest absolute Gasteiger partial charge is 0.462 e. The molecule has 1 aliphatic heterocycles. The normalized spacial score (nSPS) is 18.6. The molecule has 1 aromatic carbocycles. The molecule has 0 saturated carbocycles. The van der Waals surface area contributed by atoms with Crippen LogP contribution < -0.4 is 10.6 Å². The van der Waals surface area contributed by atoms with Crippen molar-refractivity contribution in [1.29, 1.82) is 0 Å². The average Bonchev–Trinajstić information content (AvgIpc) is 2.89. The third-order valence-electron chi connectivity index (χ3n) is 3.79. The molecule has 1 heterocycles. The van der Waals surface area contributed by atoms with Crippen molar-refractivity contribution < 1.29 is 9.53 Å². The van der Waals surface area contributed by atoms with E-state index in [-0.39, 0.29) is 5.97 Å². The number of anilines is 2. The number of rotatable bonds is 4. The molecule has 2 rings (SSSR count). The van der Waals surface area contributed by atoms with E-state index in [2.05, 4.69) is 23.9 Å². The quantitative estimate of drug-likeness (QED) is 0.669. The van der Waals surface area contributed by atoms with Crippen LogP contribution in [0.5, 0.6) is 0 Å². The van der Waals surface area contributed by atoms with Crippen LogP contribution in [0, 0.1) is 0 Å². The molecule has 0 amide bonds. The highest BCUT2D eigenvalue weighted by molar-refractivity contribution is 5.96. The maximum Gasteiger partial charge on any atom is 0.340 e. The van der Waals surface area contributed by atoms with E-state index >= 15 is 0 Å². The molecule has 0 radical (unpaired) electrons. The zero-order chi connectivity index (χ0) is 14.7. The van der Waals surface area contributed by atoms with Crippen LogP contribution in [0.3, 0.4) is 0 Å². The summed E-state index contributed by atoms with van der Waals surface area (Å²) in [5.74, 6) is -0.352. The minimum atomic E-state index is -0.352. The third-order valence-corrected chi connectivity index (χ3v) is 3.79. The first-order valence-corrected chi connectivity index (χ1v) is 7.01. The Morgan fingerprint density at radius 1 is 1.50 bits per heavy atom. The molecule has 5 nitrogen and oxygen atoms in total. The SMILES string of the molecule is CCOC(=O)c1cc(N2CCC(N(C)C)C2)ccc1N. The number of esters is 1. The van der Waals surface area contributed by atoms with E-state index in [1.54, 1.807) is 13.0 Å². The molecule has 0 spiro atoms. The first-order valence-electron chi connectivity index (χ1n) is 7.01. The van der Waals surface area contributed by atoms with Gasteiger partial charge in [0.2, 0.25) is 0 Å². The number of carbonyl (C=O) groups excluding carboxylic acids is 1. The van der Waals surface area contributed by atoms with Gasteiger partial charge in [0.15, 0.2) is 0 Å². The van der Waals surface area contributed by atoms with E-state index < -0.39 is 0 Å². The number of hydrogen-bond acceptors (Lipinski definition) is 5. The highest BCUT2D eigenvalue weighted by atomic mass is 16.5. The summed E-state index contributed by atoms with van der Waals surface area (Å²) in [7, 11) is 4.20. The molecule has 1 saturated heterocycles. The van der Waals surface area contributed by atoms with Gasteiger partial charge in [-0.3, -0.25) is 0 Å². The molecule has 1 aromatic rings. The first-order chi connectivity index (χ1) is 9.52. The van der Waals surface area contributed by atoms with Crippen LogP contribution >= 0.6 is 0 Å². The number of nitrogen functional groups attached to an aromatic ring is 1. The summed E-state index contributed by atoms with van der Waals surface area (Å²) in [6.45, 7) is 4.11. The van der Waals surface area contributed by atoms with Crippen LogP contribution in [0.25, 0.3) is 0 Å². The van der Waals surface area contributed by atoms with Gasteiger partial charge < -0.3 is 20.3 Å². The van der Waals surface area contributed by atoms with Crippen molar-refractivity contribution in [3.63, 3.8) is 0 Å². The Balaban J connectivity index is 2.18. The number of nitrogens with zero attached hydrogens (tertiary/aromatic N) is 2. The van der Waals surface area contributed by atoms with Crippen LogP contribution in [0.4, 0.5) is 11.4 Å². The van der Waals surface area contributed by atoms with Gasteiger partial charge in [0.25, 0.3) is 0 Å². The van der Waals surface area contributed by atoms with Crippen molar-refractivity contribution in [2.75, 3.05) is 44.4 Å². The Bertz CT molecular complexity index is 488. The monoisotopic (exact) mass is 277 g/mol. The number of ether oxygens (including phenoxy) is 1. The van der Waals surface area contributed by atoms with Gasteiger partial charge in [-0.2, -0.15) is 0 Å². The second-order valence-electron chi connectivity index (χ2n) is 5.34. The van der Waals surface area contributed by atoms with Crippen molar-refractivity contribution in [2.45, 2.75) is 19.4 Å². The molecule has 1 aliphatic rings. The summed E-state index contributed by atoms with van der Waals surface area (Å²) < 4.78 is 5.04. The summed E-state index contributed by atoms with van der Waals surface area (Å²) in [6, 6.07) is 6.14. The predicted molar refractivity (Wildman–Crippen MR) is 81.1 cm³/mol. The highest BCUT2D eigenvalue weighted by Gasteiger charge is 2.25. The summed E-state index contributed by atoms with van der Waals surface area (Å²) in [4.78, 5) is 16.4. The van der Waals surface area contributed by atoms with E-state index in [0.29, 0.717) is 23.9 Å². The lowest BCUT2D eigenvalue weighted by Crippen LogP contribution is -2.31. The lowest BCUT2D eigenvalue weighted by Gasteiger charge is -2.22. The Morgan fingerprint density at radius 2 is 2.25 bits per heavy atom. The second-order valence-corrected chi connectivity index (χ2v) is 5.34. The Kier molecular flexibility index (Phi) is 4.49. The fourth-order valence-corrected chi connectivity index (χ4v) is 2.52. The lowest BCUT2D eigenvalue weighted by molar-refractivity contribution is 0.0527. The van der Waals surface area contributed by atoms with Gasteiger partial charge in [0.1, 0.15) is 0 Å². The van der Waals surface area contributed by atoms with Crippen LogP contribution in [0.1, 0.15) is 23.7 Å². The summed E-state index contributed by atoms with van der Waals surface area (Å²) in [5, 5.41) is 0. The van der Waals surface area contributed by atoms with Gasteiger partial charge in [-0.15, -0.1) is 0 Å². The molecule has 5 heteroatoms. The summed E-state index contributed by atoms with van der Waals surface area (Å²) in [6.07, 6.45) is 1.13. The molecule has 20 heavy (non-hydrogen) atoms. The van der Waals surface area contributed by atoms with E-state index in [1.165, 1.54) is 0 Å². The lowest BCUT2D eigenvalue weighted by atomic mass is 10.1. The highest BCUT2D eigenvalue weighted by Crippen LogP contribution is 2.26. The Labute approximate surface area is 120 Å². The summed E-state index contributed by atoms with van der Waals surface area (Å²) in [5.41, 5.74) is 7.83. The van der Waals surface area contributed by atoms with Crippen molar-refractivity contribution in [2.24, 2.45) is 0 Å². The molecule has 1 fully saturated rings. The topological polar surface area (TPSA) is 58.8 Å². The van der Waals surface area contributed by atoms with Gasteiger partial charge in [-0.05, 0) is 45.6 Å². The number of nitrogens with two attached hydrogens (primary N) is 1. The predicted octanol–water partition coefficient (Wildman–Crippen LogP) is 1.59. The first kappa shape index (κ1) is 14.7. The fraction of sp³-hybridized carbons (Fsp3) is 0.533. The number of hydrogen-bond donors (Lipinski definition) is 1. The zero-order valence-electron chi connectivity index (χ0n) is 12.4. The van der Waals surface area contributed by atoms with Crippen molar-refractivity contribution >= 4 is 17.3 Å². The number of benzene rings is 1. The standard InChI is InChI=1S/C15H23N3O2/c1-4-20-15(19)13-9-11(5-6-14(13)16)18-8-7-12(10-18)17(2)3/h5-6,9,12H,4,7-8,10,16H2,1-3H3.